The minimum absolute atomic E-state index is 0.602. The molecular formula is C15H13ClN4. The van der Waals surface area contributed by atoms with Crippen molar-refractivity contribution >= 4 is 17.3 Å². The average molecular weight is 285 g/mol. The highest BCUT2D eigenvalue weighted by molar-refractivity contribution is 6.33. The largest absolute Gasteiger partial charge is 0.377 e. The Morgan fingerprint density at radius 3 is 2.75 bits per heavy atom. The predicted octanol–water partition coefficient (Wildman–Crippen LogP) is 3.53. The lowest BCUT2D eigenvalue weighted by Crippen LogP contribution is -2.02. The second kappa shape index (κ2) is 5.75. The summed E-state index contributed by atoms with van der Waals surface area (Å²) in [4.78, 5) is 4.04. The number of anilines is 1. The SMILES string of the molecule is Clc1ccncc1NCc1ccn(-c2ccccc2)n1. The van der Waals surface area contributed by atoms with Crippen LogP contribution in [0.15, 0.2) is 61.1 Å². The van der Waals surface area contributed by atoms with Crippen molar-refractivity contribution in [3.63, 3.8) is 0 Å². The van der Waals surface area contributed by atoms with Gasteiger partial charge in [0.05, 0.1) is 34.8 Å². The molecule has 3 aromatic rings. The molecule has 2 heterocycles. The molecule has 2 aromatic heterocycles. The van der Waals surface area contributed by atoms with Gasteiger partial charge in [0.1, 0.15) is 0 Å². The number of benzene rings is 1. The first-order chi connectivity index (χ1) is 9.83. The summed E-state index contributed by atoms with van der Waals surface area (Å²) in [6.07, 6.45) is 5.31. The van der Waals surface area contributed by atoms with Crippen LogP contribution < -0.4 is 5.32 Å². The second-order valence-electron chi connectivity index (χ2n) is 4.30. The summed E-state index contributed by atoms with van der Waals surface area (Å²) in [5.41, 5.74) is 2.79. The van der Waals surface area contributed by atoms with Crippen LogP contribution in [0.5, 0.6) is 0 Å². The van der Waals surface area contributed by atoms with E-state index in [0.717, 1.165) is 17.1 Å². The Morgan fingerprint density at radius 1 is 1.10 bits per heavy atom. The third-order valence-corrected chi connectivity index (χ3v) is 3.22. The number of rotatable bonds is 4. The van der Waals surface area contributed by atoms with Crippen LogP contribution in [0.1, 0.15) is 5.69 Å². The molecule has 0 bridgehead atoms. The van der Waals surface area contributed by atoms with Crippen molar-refractivity contribution < 1.29 is 0 Å². The van der Waals surface area contributed by atoms with Gasteiger partial charge in [-0.15, -0.1) is 0 Å². The van der Waals surface area contributed by atoms with Gasteiger partial charge in [-0.1, -0.05) is 29.8 Å². The highest BCUT2D eigenvalue weighted by Gasteiger charge is 2.03. The van der Waals surface area contributed by atoms with Gasteiger partial charge in [-0.3, -0.25) is 4.98 Å². The van der Waals surface area contributed by atoms with Crippen LogP contribution in [-0.2, 0) is 6.54 Å². The molecule has 0 atom stereocenters. The van der Waals surface area contributed by atoms with Gasteiger partial charge in [0.2, 0.25) is 0 Å². The van der Waals surface area contributed by atoms with Gasteiger partial charge in [-0.2, -0.15) is 5.10 Å². The topological polar surface area (TPSA) is 42.7 Å². The van der Waals surface area contributed by atoms with Crippen molar-refractivity contribution in [2.24, 2.45) is 0 Å². The molecule has 0 spiro atoms. The Balaban J connectivity index is 1.71. The molecule has 20 heavy (non-hydrogen) atoms. The maximum absolute atomic E-state index is 6.06. The van der Waals surface area contributed by atoms with Crippen LogP contribution in [0.25, 0.3) is 5.69 Å². The Labute approximate surface area is 122 Å². The number of nitrogens with one attached hydrogen (secondary N) is 1. The third kappa shape index (κ3) is 2.81. The van der Waals surface area contributed by atoms with E-state index >= 15 is 0 Å². The number of halogens is 1. The van der Waals surface area contributed by atoms with E-state index in [0.29, 0.717) is 11.6 Å². The number of para-hydroxylation sites is 1. The van der Waals surface area contributed by atoms with E-state index in [4.69, 9.17) is 11.6 Å². The molecule has 0 aliphatic heterocycles. The molecule has 100 valence electrons. The minimum Gasteiger partial charge on any atom is -0.377 e. The molecule has 1 N–H and O–H groups in total. The molecule has 4 nitrogen and oxygen atoms in total. The van der Waals surface area contributed by atoms with Crippen molar-refractivity contribution in [1.82, 2.24) is 14.8 Å². The Kier molecular flexibility index (Phi) is 3.65. The standard InChI is InChI=1S/C15H13ClN4/c16-14-6-8-17-11-15(14)18-10-12-7-9-20(19-12)13-4-2-1-3-5-13/h1-9,11,18H,10H2. The van der Waals surface area contributed by atoms with Gasteiger partial charge in [0.15, 0.2) is 0 Å². The molecular weight excluding hydrogens is 272 g/mol. The zero-order valence-electron chi connectivity index (χ0n) is 10.7. The fourth-order valence-electron chi connectivity index (χ4n) is 1.87. The molecule has 0 aliphatic rings. The van der Waals surface area contributed by atoms with E-state index in [1.54, 1.807) is 18.5 Å². The molecule has 0 aliphatic carbocycles. The molecule has 0 saturated heterocycles. The number of nitrogens with zero attached hydrogens (tertiary/aromatic N) is 3. The van der Waals surface area contributed by atoms with Gasteiger partial charge < -0.3 is 5.32 Å². The molecule has 0 fully saturated rings. The Hall–Kier alpha value is -2.33. The number of hydrogen-bond acceptors (Lipinski definition) is 3. The summed E-state index contributed by atoms with van der Waals surface area (Å²) in [5, 5.41) is 8.39. The fraction of sp³-hybridized carbons (Fsp3) is 0.0667. The van der Waals surface area contributed by atoms with Gasteiger partial charge in [-0.05, 0) is 24.3 Å². The van der Waals surface area contributed by atoms with Gasteiger partial charge >= 0.3 is 0 Å². The maximum Gasteiger partial charge on any atom is 0.0819 e. The summed E-state index contributed by atoms with van der Waals surface area (Å²) in [7, 11) is 0. The van der Waals surface area contributed by atoms with Crippen LogP contribution in [0.3, 0.4) is 0 Å². The molecule has 1 aromatic carbocycles. The van der Waals surface area contributed by atoms with E-state index in [9.17, 15) is 0 Å². The van der Waals surface area contributed by atoms with Crippen molar-refractivity contribution in [1.29, 1.82) is 0 Å². The van der Waals surface area contributed by atoms with Crippen molar-refractivity contribution in [3.05, 3.63) is 71.8 Å². The zero-order chi connectivity index (χ0) is 13.8. The van der Waals surface area contributed by atoms with E-state index in [2.05, 4.69) is 15.4 Å². The zero-order valence-corrected chi connectivity index (χ0v) is 11.5. The van der Waals surface area contributed by atoms with Crippen LogP contribution in [0.4, 0.5) is 5.69 Å². The minimum atomic E-state index is 0.602. The van der Waals surface area contributed by atoms with E-state index in [-0.39, 0.29) is 0 Å². The lowest BCUT2D eigenvalue weighted by molar-refractivity contribution is 0.844. The fourth-order valence-corrected chi connectivity index (χ4v) is 2.05. The van der Waals surface area contributed by atoms with Crippen LogP contribution in [0, 0.1) is 0 Å². The molecule has 5 heteroatoms. The summed E-state index contributed by atoms with van der Waals surface area (Å²) in [6, 6.07) is 13.7. The lowest BCUT2D eigenvalue weighted by Gasteiger charge is -2.05. The quantitative estimate of drug-likeness (QED) is 0.797. The lowest BCUT2D eigenvalue weighted by atomic mass is 10.3. The van der Waals surface area contributed by atoms with Gasteiger partial charge in [0.25, 0.3) is 0 Å². The molecule has 0 unspecified atom stereocenters. The van der Waals surface area contributed by atoms with Crippen LogP contribution in [-0.4, -0.2) is 14.8 Å². The monoisotopic (exact) mass is 284 g/mol. The van der Waals surface area contributed by atoms with Gasteiger partial charge in [-0.25, -0.2) is 4.68 Å². The smallest absolute Gasteiger partial charge is 0.0819 e. The molecule has 0 saturated carbocycles. The Bertz CT molecular complexity index is 694. The first kappa shape index (κ1) is 12.7. The third-order valence-electron chi connectivity index (χ3n) is 2.89. The van der Waals surface area contributed by atoms with Gasteiger partial charge in [0, 0.05) is 12.4 Å². The molecule has 0 radical (unpaired) electrons. The van der Waals surface area contributed by atoms with E-state index in [1.165, 1.54) is 0 Å². The summed E-state index contributed by atoms with van der Waals surface area (Å²) in [6.45, 7) is 0.602. The second-order valence-corrected chi connectivity index (χ2v) is 4.70. The van der Waals surface area contributed by atoms with E-state index < -0.39 is 0 Å². The highest BCUT2D eigenvalue weighted by Crippen LogP contribution is 2.19. The number of pyridine rings is 1. The summed E-state index contributed by atoms with van der Waals surface area (Å²) >= 11 is 6.06. The first-order valence-corrected chi connectivity index (χ1v) is 6.64. The molecule has 0 amide bonds. The Morgan fingerprint density at radius 2 is 1.95 bits per heavy atom. The van der Waals surface area contributed by atoms with Crippen molar-refractivity contribution in [2.45, 2.75) is 6.54 Å². The number of hydrogen-bond donors (Lipinski definition) is 1. The summed E-state index contributed by atoms with van der Waals surface area (Å²) in [5.74, 6) is 0. The molecule has 3 rings (SSSR count). The van der Waals surface area contributed by atoms with Crippen molar-refractivity contribution in [2.75, 3.05) is 5.32 Å². The predicted molar refractivity (Wildman–Crippen MR) is 80.1 cm³/mol. The maximum atomic E-state index is 6.06. The van der Waals surface area contributed by atoms with E-state index in [1.807, 2.05) is 47.3 Å². The first-order valence-electron chi connectivity index (χ1n) is 6.26. The normalized spacial score (nSPS) is 10.4. The summed E-state index contributed by atoms with van der Waals surface area (Å²) < 4.78 is 1.85. The number of aromatic nitrogens is 3. The van der Waals surface area contributed by atoms with Crippen molar-refractivity contribution in [3.8, 4) is 5.69 Å². The van der Waals surface area contributed by atoms with Crippen LogP contribution >= 0.6 is 11.6 Å². The van der Waals surface area contributed by atoms with Crippen LogP contribution in [0.2, 0.25) is 5.02 Å². The highest BCUT2D eigenvalue weighted by atomic mass is 35.5. The average Bonchev–Trinajstić information content (AvgIpc) is 2.96.